The summed E-state index contributed by atoms with van der Waals surface area (Å²) in [5.74, 6) is 0.404. The van der Waals surface area contributed by atoms with Crippen molar-refractivity contribution in [1.82, 2.24) is 19.5 Å². The van der Waals surface area contributed by atoms with Gasteiger partial charge in [0.05, 0.1) is 36.5 Å². The fourth-order valence-corrected chi connectivity index (χ4v) is 4.75. The number of hydrogen-bond donors (Lipinski definition) is 2. The lowest BCUT2D eigenvalue weighted by Gasteiger charge is -2.28. The monoisotopic (exact) mass is 498 g/mol. The van der Waals surface area contributed by atoms with Gasteiger partial charge in [0.25, 0.3) is 5.56 Å². The number of halogens is 1. The van der Waals surface area contributed by atoms with Crippen molar-refractivity contribution >= 4 is 39.9 Å². The fraction of sp³-hybridized carbons (Fsp3) is 0.304. The number of anilines is 1. The Morgan fingerprint density at radius 2 is 2.03 bits per heavy atom. The molecule has 1 fully saturated rings. The molecule has 0 atom stereocenters. The number of pyridine rings is 1. The molecule has 3 N–H and O–H groups in total. The molecule has 34 heavy (non-hydrogen) atoms. The number of rotatable bonds is 5. The van der Waals surface area contributed by atoms with Gasteiger partial charge in [0.1, 0.15) is 5.65 Å². The number of nitrogens with two attached hydrogens (primary N) is 1. The van der Waals surface area contributed by atoms with Crippen LogP contribution >= 0.6 is 22.9 Å². The molecule has 1 aliphatic heterocycles. The smallest absolute Gasteiger partial charge is 0.260 e. The van der Waals surface area contributed by atoms with Crippen molar-refractivity contribution in [2.24, 2.45) is 5.73 Å². The van der Waals surface area contributed by atoms with E-state index in [-0.39, 0.29) is 18.1 Å². The number of aryl methyl sites for hydroxylation is 1. The van der Waals surface area contributed by atoms with E-state index < -0.39 is 6.29 Å². The first-order valence-electron chi connectivity index (χ1n) is 10.7. The van der Waals surface area contributed by atoms with E-state index in [4.69, 9.17) is 26.8 Å². The highest BCUT2D eigenvalue weighted by atomic mass is 35.5. The van der Waals surface area contributed by atoms with Gasteiger partial charge in [-0.15, -0.1) is 11.3 Å². The molecule has 4 aromatic rings. The van der Waals surface area contributed by atoms with Crippen LogP contribution in [0.3, 0.4) is 0 Å². The highest BCUT2D eigenvalue weighted by Gasteiger charge is 2.23. The van der Waals surface area contributed by atoms with E-state index >= 15 is 0 Å². The molecular formula is C23H23ClN6O3S. The van der Waals surface area contributed by atoms with E-state index in [1.165, 1.54) is 0 Å². The predicted octanol–water partition coefficient (Wildman–Crippen LogP) is 3.29. The van der Waals surface area contributed by atoms with Crippen molar-refractivity contribution < 1.29 is 9.47 Å². The Kier molecular flexibility index (Phi) is 6.32. The van der Waals surface area contributed by atoms with Crippen LogP contribution in [-0.2, 0) is 16.0 Å². The van der Waals surface area contributed by atoms with Crippen LogP contribution in [0.4, 0.5) is 5.95 Å². The zero-order valence-electron chi connectivity index (χ0n) is 18.6. The second-order valence-corrected chi connectivity index (χ2v) is 9.47. The van der Waals surface area contributed by atoms with E-state index in [0.29, 0.717) is 46.3 Å². The molecule has 0 unspecified atom stereocenters. The minimum atomic E-state index is -0.616. The van der Waals surface area contributed by atoms with Gasteiger partial charge >= 0.3 is 0 Å². The van der Waals surface area contributed by atoms with Gasteiger partial charge in [0, 0.05) is 45.7 Å². The number of aromatic nitrogens is 4. The highest BCUT2D eigenvalue weighted by molar-refractivity contribution is 7.09. The molecule has 1 aliphatic rings. The summed E-state index contributed by atoms with van der Waals surface area (Å²) in [6, 6.07) is 7.16. The zero-order valence-corrected chi connectivity index (χ0v) is 20.2. The molecule has 176 valence electrons. The first-order valence-corrected chi connectivity index (χ1v) is 12.0. The van der Waals surface area contributed by atoms with Crippen molar-refractivity contribution in [2.75, 3.05) is 25.6 Å². The van der Waals surface area contributed by atoms with Crippen molar-refractivity contribution in [3.63, 3.8) is 0 Å². The van der Waals surface area contributed by atoms with Gasteiger partial charge in [-0.25, -0.2) is 9.97 Å². The van der Waals surface area contributed by atoms with Crippen LogP contribution in [0.1, 0.15) is 5.01 Å². The first-order chi connectivity index (χ1) is 16.4. The largest absolute Gasteiger partial charge is 0.357 e. The maximum absolute atomic E-state index is 13.7. The number of fused-ring (bicyclic) bond motifs is 1. The van der Waals surface area contributed by atoms with Gasteiger partial charge in [0.2, 0.25) is 5.95 Å². The quantitative estimate of drug-likeness (QED) is 0.430. The number of benzene rings is 1. The molecule has 9 nitrogen and oxygen atoms in total. The summed E-state index contributed by atoms with van der Waals surface area (Å²) in [5.41, 5.74) is 8.87. The Bertz CT molecular complexity index is 1410. The molecule has 11 heteroatoms. The lowest BCUT2D eigenvalue weighted by atomic mass is 10.0. The van der Waals surface area contributed by atoms with E-state index in [0.717, 1.165) is 16.3 Å². The van der Waals surface area contributed by atoms with E-state index in [1.807, 2.05) is 30.5 Å². The van der Waals surface area contributed by atoms with E-state index in [9.17, 15) is 4.79 Å². The third-order valence-corrected chi connectivity index (χ3v) is 6.63. The molecule has 5 rings (SSSR count). The second kappa shape index (κ2) is 9.40. The van der Waals surface area contributed by atoms with Gasteiger partial charge in [-0.3, -0.25) is 9.36 Å². The standard InChI is InChI=1S/C23H23ClN6O3S/c1-12-28-19(11-34-12)13-3-4-16(18(24)6-13)17-5-14-7-27-23(26-2)29-21(14)30(22(17)31)8-20-32-9-15(25)10-33-20/h3-7,11,15,20H,8-10,25H2,1-2H3,(H,26,27,29). The molecule has 0 saturated carbocycles. The topological polar surface area (TPSA) is 117 Å². The summed E-state index contributed by atoms with van der Waals surface area (Å²) < 4.78 is 12.9. The minimum absolute atomic E-state index is 0.157. The second-order valence-electron chi connectivity index (χ2n) is 8.00. The van der Waals surface area contributed by atoms with E-state index in [1.54, 1.807) is 35.2 Å². The van der Waals surface area contributed by atoms with Crippen LogP contribution in [0.5, 0.6) is 0 Å². The van der Waals surface area contributed by atoms with Gasteiger partial charge in [0.15, 0.2) is 6.29 Å². The molecule has 0 spiro atoms. The van der Waals surface area contributed by atoms with Crippen LogP contribution in [0.25, 0.3) is 33.4 Å². The molecule has 1 saturated heterocycles. The summed E-state index contributed by atoms with van der Waals surface area (Å²) >= 11 is 8.25. The third kappa shape index (κ3) is 4.42. The van der Waals surface area contributed by atoms with Gasteiger partial charge in [-0.05, 0) is 19.1 Å². The number of nitrogens with zero attached hydrogens (tertiary/aromatic N) is 4. The summed E-state index contributed by atoms with van der Waals surface area (Å²) in [6.07, 6.45) is 1.06. The molecule has 3 aromatic heterocycles. The van der Waals surface area contributed by atoms with Gasteiger partial charge in [-0.2, -0.15) is 4.98 Å². The summed E-state index contributed by atoms with van der Waals surface area (Å²) in [5, 5.41) is 7.01. The Morgan fingerprint density at radius 1 is 1.24 bits per heavy atom. The van der Waals surface area contributed by atoms with Gasteiger partial charge < -0.3 is 20.5 Å². The molecule has 0 bridgehead atoms. The van der Waals surface area contributed by atoms with Crippen LogP contribution in [-0.4, -0.2) is 52.1 Å². The Morgan fingerprint density at radius 3 is 2.71 bits per heavy atom. The first kappa shape index (κ1) is 22.9. The lowest BCUT2D eigenvalue weighted by Crippen LogP contribution is -2.43. The Balaban J connectivity index is 1.61. The summed E-state index contributed by atoms with van der Waals surface area (Å²) in [6.45, 7) is 2.83. The molecule has 4 heterocycles. The van der Waals surface area contributed by atoms with Crippen molar-refractivity contribution in [3.8, 4) is 22.4 Å². The molecule has 0 amide bonds. The average molecular weight is 499 g/mol. The number of ether oxygens (including phenoxy) is 2. The van der Waals surface area contributed by atoms with Crippen LogP contribution in [0.2, 0.25) is 5.02 Å². The van der Waals surface area contributed by atoms with Crippen LogP contribution in [0, 0.1) is 6.92 Å². The van der Waals surface area contributed by atoms with Crippen LogP contribution < -0.4 is 16.6 Å². The van der Waals surface area contributed by atoms with Crippen molar-refractivity contribution in [1.29, 1.82) is 0 Å². The normalized spacial score (nSPS) is 18.4. The SMILES string of the molecule is CNc1ncc2cc(-c3ccc(-c4csc(C)n4)cc3Cl)c(=O)n(CC3OCC(N)CO3)c2n1. The van der Waals surface area contributed by atoms with Crippen molar-refractivity contribution in [2.45, 2.75) is 25.8 Å². The zero-order chi connectivity index (χ0) is 23.8. The predicted molar refractivity (Wildman–Crippen MR) is 133 cm³/mol. The maximum atomic E-state index is 13.7. The molecule has 0 aliphatic carbocycles. The Labute approximate surface area is 204 Å². The number of thiazole rings is 1. The van der Waals surface area contributed by atoms with Crippen molar-refractivity contribution in [3.05, 3.63) is 56.2 Å². The number of hydrogen-bond acceptors (Lipinski definition) is 9. The molecular weight excluding hydrogens is 476 g/mol. The molecule has 0 radical (unpaired) electrons. The maximum Gasteiger partial charge on any atom is 0.260 e. The lowest BCUT2D eigenvalue weighted by molar-refractivity contribution is -0.191. The minimum Gasteiger partial charge on any atom is -0.357 e. The average Bonchev–Trinajstić information content (AvgIpc) is 3.28. The highest BCUT2D eigenvalue weighted by Crippen LogP contribution is 2.32. The van der Waals surface area contributed by atoms with Gasteiger partial charge in [-0.1, -0.05) is 23.7 Å². The number of nitrogens with one attached hydrogen (secondary N) is 1. The van der Waals surface area contributed by atoms with Crippen LogP contribution in [0.15, 0.2) is 40.6 Å². The fourth-order valence-electron chi connectivity index (χ4n) is 3.84. The Hall–Kier alpha value is -2.89. The third-order valence-electron chi connectivity index (χ3n) is 5.55. The van der Waals surface area contributed by atoms with E-state index in [2.05, 4.69) is 20.3 Å². The summed E-state index contributed by atoms with van der Waals surface area (Å²) in [4.78, 5) is 27.0. The summed E-state index contributed by atoms with van der Waals surface area (Å²) in [7, 11) is 1.72. The molecule has 1 aromatic carbocycles.